The van der Waals surface area contributed by atoms with Crippen LogP contribution < -0.4 is 10.2 Å². The molecule has 9 nitrogen and oxygen atoms in total. The third-order valence-corrected chi connectivity index (χ3v) is 12.3. The molecule has 0 aromatic carbocycles. The first-order valence-electron chi connectivity index (χ1n) is 27.4. The predicted octanol–water partition coefficient (Wildman–Crippen LogP) is 15.7. The molecule has 3 atom stereocenters. The molecule has 70 heavy (non-hydrogen) atoms. The van der Waals surface area contributed by atoms with Crippen LogP contribution in [-0.4, -0.2) is 69.4 Å². The minimum Gasteiger partial charge on any atom is -0.756 e. The predicted molar refractivity (Wildman–Crippen MR) is 297 cm³/mol. The molecule has 0 aliphatic carbocycles. The van der Waals surface area contributed by atoms with Gasteiger partial charge in [0.25, 0.3) is 7.82 Å². The van der Waals surface area contributed by atoms with Gasteiger partial charge in [-0.3, -0.25) is 14.2 Å². The summed E-state index contributed by atoms with van der Waals surface area (Å²) in [5.74, 6) is -0.630. The molecule has 0 aliphatic heterocycles. The SMILES string of the molecule is CC\C=C/C=C/C=C/C=C\C=C\C=C\CCCCCC(=O)NC(COP(=O)([O-])OCC[N+](C)(C)C)C(/C=C/CCCCCCCCCCCCC)OC(=O)CCCCCC/C=C/C/C=C/C/C=C/CC. The van der Waals surface area contributed by atoms with Crippen molar-refractivity contribution in [1.29, 1.82) is 0 Å². The van der Waals surface area contributed by atoms with E-state index in [1.54, 1.807) is 6.08 Å². The molecule has 0 fully saturated rings. The van der Waals surface area contributed by atoms with Gasteiger partial charge in [0.1, 0.15) is 19.3 Å². The number of esters is 1. The van der Waals surface area contributed by atoms with Crippen LogP contribution in [0.1, 0.15) is 194 Å². The summed E-state index contributed by atoms with van der Waals surface area (Å²) in [4.78, 5) is 39.8. The lowest BCUT2D eigenvalue weighted by molar-refractivity contribution is -0.870. The first kappa shape index (κ1) is 66.4. The fourth-order valence-electron chi connectivity index (χ4n) is 7.09. The Morgan fingerprint density at radius 1 is 0.529 bits per heavy atom. The van der Waals surface area contributed by atoms with Gasteiger partial charge in [0.05, 0.1) is 33.8 Å². The number of likely N-dealkylation sites (N-methyl/N-ethyl adjacent to an activating group) is 1. The van der Waals surface area contributed by atoms with Gasteiger partial charge in [-0.05, 0) is 83.1 Å². The highest BCUT2D eigenvalue weighted by atomic mass is 31.2. The Morgan fingerprint density at radius 3 is 1.56 bits per heavy atom. The summed E-state index contributed by atoms with van der Waals surface area (Å²) < 4.78 is 30.1. The summed E-state index contributed by atoms with van der Waals surface area (Å²) in [5.41, 5.74) is 0. The van der Waals surface area contributed by atoms with Crippen molar-refractivity contribution in [2.75, 3.05) is 40.9 Å². The van der Waals surface area contributed by atoms with E-state index in [1.165, 1.54) is 57.8 Å². The summed E-state index contributed by atoms with van der Waals surface area (Å²) in [6.07, 6.45) is 67.3. The van der Waals surface area contributed by atoms with Crippen molar-refractivity contribution in [3.8, 4) is 0 Å². The number of quaternary nitrogens is 1. The van der Waals surface area contributed by atoms with Crippen LogP contribution in [0.5, 0.6) is 0 Å². The lowest BCUT2D eigenvalue weighted by atomic mass is 10.0. The second-order valence-corrected chi connectivity index (χ2v) is 20.5. The molecule has 0 saturated heterocycles. The maximum absolute atomic E-state index is 13.5. The van der Waals surface area contributed by atoms with Crippen LogP contribution in [-0.2, 0) is 27.9 Å². The maximum atomic E-state index is 13.5. The van der Waals surface area contributed by atoms with Crippen LogP contribution in [0.25, 0.3) is 0 Å². The van der Waals surface area contributed by atoms with Gasteiger partial charge in [-0.15, -0.1) is 0 Å². The molecule has 398 valence electrons. The number of carbonyl (C=O) groups excluding carboxylic acids is 2. The number of phosphoric ester groups is 1. The molecule has 0 spiro atoms. The molecule has 0 heterocycles. The largest absolute Gasteiger partial charge is 0.756 e. The van der Waals surface area contributed by atoms with Crippen molar-refractivity contribution >= 4 is 19.7 Å². The number of unbranched alkanes of at least 4 members (excludes halogenated alkanes) is 18. The van der Waals surface area contributed by atoms with Crippen LogP contribution in [0.2, 0.25) is 0 Å². The van der Waals surface area contributed by atoms with E-state index in [0.29, 0.717) is 23.9 Å². The average Bonchev–Trinajstić information content (AvgIpc) is 3.32. The topological polar surface area (TPSA) is 114 Å². The number of hydrogen-bond donors (Lipinski definition) is 1. The molecule has 0 radical (unpaired) electrons. The number of nitrogens with one attached hydrogen (secondary N) is 1. The Morgan fingerprint density at radius 2 is 0.986 bits per heavy atom. The highest BCUT2D eigenvalue weighted by Gasteiger charge is 2.27. The van der Waals surface area contributed by atoms with Gasteiger partial charge in [-0.2, -0.15) is 0 Å². The second kappa shape index (κ2) is 49.0. The van der Waals surface area contributed by atoms with E-state index in [1.807, 2.05) is 88.0 Å². The number of carbonyl (C=O) groups is 2. The zero-order chi connectivity index (χ0) is 51.5. The van der Waals surface area contributed by atoms with Crippen LogP contribution in [0, 0.1) is 0 Å². The van der Waals surface area contributed by atoms with Gasteiger partial charge in [0, 0.05) is 12.8 Å². The van der Waals surface area contributed by atoms with Crippen molar-refractivity contribution in [3.63, 3.8) is 0 Å². The number of phosphoric acid groups is 1. The van der Waals surface area contributed by atoms with Gasteiger partial charge >= 0.3 is 5.97 Å². The molecule has 1 N–H and O–H groups in total. The smallest absolute Gasteiger partial charge is 0.306 e. The molecule has 10 heteroatoms. The molecule has 0 bridgehead atoms. The van der Waals surface area contributed by atoms with Crippen molar-refractivity contribution in [1.82, 2.24) is 5.32 Å². The number of hydrogen-bond acceptors (Lipinski definition) is 7. The van der Waals surface area contributed by atoms with Crippen LogP contribution >= 0.6 is 7.82 Å². The number of nitrogens with zero attached hydrogens (tertiary/aromatic N) is 1. The Balaban J connectivity index is 5.56. The quantitative estimate of drug-likeness (QED) is 0.0161. The molecule has 3 unspecified atom stereocenters. The van der Waals surface area contributed by atoms with Gasteiger partial charge < -0.3 is 28.5 Å². The summed E-state index contributed by atoms with van der Waals surface area (Å²) in [5, 5.41) is 2.98. The Hall–Kier alpha value is -3.59. The first-order valence-corrected chi connectivity index (χ1v) is 28.9. The second-order valence-electron chi connectivity index (χ2n) is 19.1. The van der Waals surface area contributed by atoms with E-state index in [9.17, 15) is 19.0 Å². The van der Waals surface area contributed by atoms with Crippen molar-refractivity contribution < 1.29 is 37.3 Å². The van der Waals surface area contributed by atoms with E-state index < -0.39 is 26.6 Å². The molecular weight excluding hydrogens is 892 g/mol. The van der Waals surface area contributed by atoms with Gasteiger partial charge in [0.15, 0.2) is 0 Å². The summed E-state index contributed by atoms with van der Waals surface area (Å²) in [6.45, 7) is 6.50. The third kappa shape index (κ3) is 49.4. The van der Waals surface area contributed by atoms with Crippen LogP contribution in [0.15, 0.2) is 122 Å². The summed E-state index contributed by atoms with van der Waals surface area (Å²) in [6, 6.07) is -0.928. The van der Waals surface area contributed by atoms with E-state index in [0.717, 1.165) is 89.9 Å². The van der Waals surface area contributed by atoms with Gasteiger partial charge in [-0.1, -0.05) is 220 Å². The normalized spacial score (nSPS) is 14.8. The zero-order valence-corrected chi connectivity index (χ0v) is 46.1. The van der Waals surface area contributed by atoms with Crippen LogP contribution in [0.4, 0.5) is 0 Å². The maximum Gasteiger partial charge on any atom is 0.306 e. The zero-order valence-electron chi connectivity index (χ0n) is 45.2. The van der Waals surface area contributed by atoms with Crippen molar-refractivity contribution in [2.24, 2.45) is 0 Å². The number of ether oxygens (including phenoxy) is 1. The first-order chi connectivity index (χ1) is 33.9. The van der Waals surface area contributed by atoms with Crippen molar-refractivity contribution in [2.45, 2.75) is 206 Å². The van der Waals surface area contributed by atoms with E-state index >= 15 is 0 Å². The molecule has 0 aliphatic rings. The lowest BCUT2D eigenvalue weighted by Gasteiger charge is -2.30. The Kier molecular flexibility index (Phi) is 46.5. The van der Waals surface area contributed by atoms with Crippen molar-refractivity contribution in [3.05, 3.63) is 122 Å². The minimum atomic E-state index is -4.72. The molecule has 0 saturated carbocycles. The highest BCUT2D eigenvalue weighted by molar-refractivity contribution is 7.45. The molecule has 0 rings (SSSR count). The monoisotopic (exact) mass is 993 g/mol. The Labute approximate surface area is 429 Å². The minimum absolute atomic E-state index is 0.0425. The standard InChI is InChI=1S/C60H101N2O7P/c1-7-10-13-16-19-22-25-28-30-31-32-34-37-40-43-46-49-52-59(63)61-57(56-68-70(65,66)67-55-54-62(4,5)6)58(51-48-45-42-39-36-33-27-24-21-18-15-12-9-3)69-60(64)53-50-47-44-41-38-35-29-26-23-20-17-14-11-8-2/h10-11,13-14,16,19-20,22-23,25,28-32,34-35,37,48,51,57-58H,7-9,12,15,17-18,21,24,26-27,33,36,38-47,49-50,52-56H2,1-6H3,(H-,61,63,65,66)/b13-10-,14-11+,19-16+,23-20+,25-22+,30-28-,32-31+,35-29+,37-34+,51-48+. The molecule has 1 amide bonds. The number of amides is 1. The number of allylic oxidation sites excluding steroid dienone is 19. The lowest BCUT2D eigenvalue weighted by Crippen LogP contribution is -2.47. The van der Waals surface area contributed by atoms with Crippen LogP contribution in [0.3, 0.4) is 0 Å². The fourth-order valence-corrected chi connectivity index (χ4v) is 7.82. The summed E-state index contributed by atoms with van der Waals surface area (Å²) >= 11 is 0. The van der Waals surface area contributed by atoms with E-state index in [-0.39, 0.29) is 31.3 Å². The molecule has 0 aromatic heterocycles. The Bertz CT molecular complexity index is 1610. The van der Waals surface area contributed by atoms with Gasteiger partial charge in [0.2, 0.25) is 5.91 Å². The fraction of sp³-hybridized carbons (Fsp3) is 0.633. The highest BCUT2D eigenvalue weighted by Crippen LogP contribution is 2.38. The molecular formula is C60H101N2O7P. The molecule has 0 aromatic rings. The van der Waals surface area contributed by atoms with E-state index in [4.69, 9.17) is 13.8 Å². The van der Waals surface area contributed by atoms with Gasteiger partial charge in [-0.25, -0.2) is 0 Å². The third-order valence-electron chi connectivity index (χ3n) is 11.3. The van der Waals surface area contributed by atoms with E-state index in [2.05, 4.69) is 74.7 Å². The summed E-state index contributed by atoms with van der Waals surface area (Å²) in [7, 11) is 1.12. The average molecular weight is 993 g/mol. The number of rotatable bonds is 47.